The van der Waals surface area contributed by atoms with Gasteiger partial charge in [-0.2, -0.15) is 10.1 Å². The number of hydrogen-bond donors (Lipinski definition) is 0. The van der Waals surface area contributed by atoms with E-state index in [2.05, 4.69) is 15.1 Å². The van der Waals surface area contributed by atoms with Crippen LogP contribution in [0.2, 0.25) is 0 Å². The van der Waals surface area contributed by atoms with Crippen LogP contribution in [-0.4, -0.2) is 49.7 Å². The van der Waals surface area contributed by atoms with Gasteiger partial charge in [0.25, 0.3) is 5.91 Å². The molecule has 4 rings (SSSR count). The maximum atomic E-state index is 13.2. The molecule has 1 amide bonds. The zero-order chi connectivity index (χ0) is 21.3. The molecule has 1 saturated heterocycles. The molecule has 0 spiro atoms. The van der Waals surface area contributed by atoms with Gasteiger partial charge in [-0.3, -0.25) is 9.48 Å². The van der Waals surface area contributed by atoms with Gasteiger partial charge >= 0.3 is 0 Å². The molecule has 0 bridgehead atoms. The first-order valence-corrected chi connectivity index (χ1v) is 9.97. The van der Waals surface area contributed by atoms with Gasteiger partial charge in [0, 0.05) is 30.9 Å². The number of hydrogen-bond acceptors (Lipinski definition) is 5. The number of nitrogens with zero attached hydrogens (tertiary/aromatic N) is 5. The van der Waals surface area contributed by atoms with Crippen LogP contribution in [0.5, 0.6) is 5.88 Å². The third kappa shape index (κ3) is 4.32. The molecule has 2 aromatic heterocycles. The van der Waals surface area contributed by atoms with Crippen molar-refractivity contribution in [1.29, 1.82) is 0 Å². The maximum absolute atomic E-state index is 13.2. The van der Waals surface area contributed by atoms with E-state index in [-0.39, 0.29) is 17.8 Å². The Hall–Kier alpha value is -3.29. The van der Waals surface area contributed by atoms with Crippen LogP contribution in [-0.2, 0) is 7.05 Å². The Labute approximate surface area is 174 Å². The second-order valence-electron chi connectivity index (χ2n) is 7.57. The first-order chi connectivity index (χ1) is 14.4. The first kappa shape index (κ1) is 20.0. The number of likely N-dealkylation sites (tertiary alicyclic amines) is 1. The number of aryl methyl sites for hydroxylation is 3. The van der Waals surface area contributed by atoms with Gasteiger partial charge in [-0.25, -0.2) is 9.37 Å². The summed E-state index contributed by atoms with van der Waals surface area (Å²) in [6, 6.07) is 9.63. The SMILES string of the molecule is Cc1cc(OC2CCCN(C(=O)c3cc(-c4ccc(F)cc4)nn3C)C2)nc(C)n1. The lowest BCUT2D eigenvalue weighted by molar-refractivity contribution is 0.0517. The van der Waals surface area contributed by atoms with Crippen molar-refractivity contribution >= 4 is 5.91 Å². The monoisotopic (exact) mass is 409 g/mol. The quantitative estimate of drug-likeness (QED) is 0.661. The Morgan fingerprint density at radius 3 is 2.67 bits per heavy atom. The second-order valence-corrected chi connectivity index (χ2v) is 7.57. The average Bonchev–Trinajstić information content (AvgIpc) is 3.09. The van der Waals surface area contributed by atoms with E-state index in [1.54, 1.807) is 34.8 Å². The van der Waals surface area contributed by atoms with Gasteiger partial charge < -0.3 is 9.64 Å². The van der Waals surface area contributed by atoms with E-state index in [1.807, 2.05) is 19.9 Å². The van der Waals surface area contributed by atoms with Crippen molar-refractivity contribution in [2.75, 3.05) is 13.1 Å². The zero-order valence-electron chi connectivity index (χ0n) is 17.3. The summed E-state index contributed by atoms with van der Waals surface area (Å²) in [5, 5.41) is 4.43. The zero-order valence-corrected chi connectivity index (χ0v) is 17.3. The molecule has 1 aliphatic heterocycles. The Kier molecular flexibility index (Phi) is 5.48. The fourth-order valence-electron chi connectivity index (χ4n) is 3.72. The van der Waals surface area contributed by atoms with Gasteiger partial charge in [-0.1, -0.05) is 0 Å². The number of piperidine rings is 1. The molecule has 3 heterocycles. The Morgan fingerprint density at radius 1 is 1.17 bits per heavy atom. The predicted octanol–water partition coefficient (Wildman–Crippen LogP) is 3.32. The molecule has 7 nitrogen and oxygen atoms in total. The number of halogens is 1. The minimum atomic E-state index is -0.306. The molecule has 0 saturated carbocycles. The van der Waals surface area contributed by atoms with E-state index in [0.29, 0.717) is 36.2 Å². The number of aromatic nitrogens is 4. The van der Waals surface area contributed by atoms with E-state index < -0.39 is 0 Å². The van der Waals surface area contributed by atoms with Gasteiger partial charge in [0.2, 0.25) is 5.88 Å². The molecule has 0 N–H and O–H groups in total. The van der Waals surface area contributed by atoms with Crippen molar-refractivity contribution in [3.8, 4) is 17.1 Å². The fraction of sp³-hybridized carbons (Fsp3) is 0.364. The summed E-state index contributed by atoms with van der Waals surface area (Å²) in [6.45, 7) is 4.88. The van der Waals surface area contributed by atoms with E-state index in [1.165, 1.54) is 12.1 Å². The van der Waals surface area contributed by atoms with E-state index in [0.717, 1.165) is 24.1 Å². The van der Waals surface area contributed by atoms with Crippen LogP contribution in [0, 0.1) is 19.7 Å². The maximum Gasteiger partial charge on any atom is 0.272 e. The number of carbonyl (C=O) groups excluding carboxylic acids is 1. The summed E-state index contributed by atoms with van der Waals surface area (Å²) in [5.74, 6) is 0.802. The molecule has 0 aliphatic carbocycles. The lowest BCUT2D eigenvalue weighted by atomic mass is 10.1. The van der Waals surface area contributed by atoms with Crippen LogP contribution in [0.1, 0.15) is 34.8 Å². The molecule has 1 aliphatic rings. The molecular formula is C22H24FN5O2. The van der Waals surface area contributed by atoms with E-state index >= 15 is 0 Å². The molecule has 1 fully saturated rings. The highest BCUT2D eigenvalue weighted by Gasteiger charge is 2.28. The van der Waals surface area contributed by atoms with Crippen LogP contribution in [0.4, 0.5) is 4.39 Å². The number of amides is 1. The molecule has 1 unspecified atom stereocenters. The van der Waals surface area contributed by atoms with Gasteiger partial charge in [0.15, 0.2) is 0 Å². The highest BCUT2D eigenvalue weighted by molar-refractivity contribution is 5.93. The molecule has 1 aromatic carbocycles. The summed E-state index contributed by atoms with van der Waals surface area (Å²) in [7, 11) is 1.74. The van der Waals surface area contributed by atoms with E-state index in [4.69, 9.17) is 4.74 Å². The molecule has 1 atom stereocenters. The Balaban J connectivity index is 1.48. The van der Waals surface area contributed by atoms with Crippen LogP contribution >= 0.6 is 0 Å². The summed E-state index contributed by atoms with van der Waals surface area (Å²) in [4.78, 5) is 23.5. The summed E-state index contributed by atoms with van der Waals surface area (Å²) < 4.78 is 20.8. The van der Waals surface area contributed by atoms with Gasteiger partial charge in [0.1, 0.15) is 23.4 Å². The van der Waals surface area contributed by atoms with Crippen molar-refractivity contribution in [2.24, 2.45) is 7.05 Å². The van der Waals surface area contributed by atoms with Crippen LogP contribution < -0.4 is 4.74 Å². The highest BCUT2D eigenvalue weighted by atomic mass is 19.1. The highest BCUT2D eigenvalue weighted by Crippen LogP contribution is 2.22. The number of benzene rings is 1. The van der Waals surface area contributed by atoms with E-state index in [9.17, 15) is 9.18 Å². The molecule has 8 heteroatoms. The minimum Gasteiger partial charge on any atom is -0.472 e. The van der Waals surface area contributed by atoms with Crippen LogP contribution in [0.25, 0.3) is 11.3 Å². The summed E-state index contributed by atoms with van der Waals surface area (Å²) in [5.41, 5.74) is 2.74. The molecule has 30 heavy (non-hydrogen) atoms. The molecule has 0 radical (unpaired) electrons. The second kappa shape index (κ2) is 8.22. The largest absolute Gasteiger partial charge is 0.472 e. The van der Waals surface area contributed by atoms with Crippen molar-refractivity contribution < 1.29 is 13.9 Å². The number of ether oxygens (including phenoxy) is 1. The van der Waals surface area contributed by atoms with Crippen LogP contribution in [0.15, 0.2) is 36.4 Å². The fourth-order valence-corrected chi connectivity index (χ4v) is 3.72. The van der Waals surface area contributed by atoms with Crippen molar-refractivity contribution in [3.05, 3.63) is 59.4 Å². The first-order valence-electron chi connectivity index (χ1n) is 9.97. The minimum absolute atomic E-state index is 0.0956. The van der Waals surface area contributed by atoms with Gasteiger partial charge in [0.05, 0.1) is 12.2 Å². The third-order valence-corrected chi connectivity index (χ3v) is 5.13. The molecular weight excluding hydrogens is 385 g/mol. The topological polar surface area (TPSA) is 73.1 Å². The smallest absolute Gasteiger partial charge is 0.272 e. The predicted molar refractivity (Wildman–Crippen MR) is 110 cm³/mol. The summed E-state index contributed by atoms with van der Waals surface area (Å²) >= 11 is 0. The Bertz CT molecular complexity index is 1040. The van der Waals surface area contributed by atoms with Crippen molar-refractivity contribution in [2.45, 2.75) is 32.8 Å². The normalized spacial score (nSPS) is 16.5. The van der Waals surface area contributed by atoms with Crippen LogP contribution in [0.3, 0.4) is 0 Å². The van der Waals surface area contributed by atoms with Crippen molar-refractivity contribution in [1.82, 2.24) is 24.6 Å². The Morgan fingerprint density at radius 2 is 1.93 bits per heavy atom. The molecule has 156 valence electrons. The van der Waals surface area contributed by atoms with Crippen molar-refractivity contribution in [3.63, 3.8) is 0 Å². The van der Waals surface area contributed by atoms with Gasteiger partial charge in [-0.05, 0) is 57.0 Å². The lowest BCUT2D eigenvalue weighted by Crippen LogP contribution is -2.45. The number of carbonyl (C=O) groups is 1. The standard InChI is InChI=1S/C22H24FN5O2/c1-14-11-21(25-15(2)24-14)30-18-5-4-10-28(13-18)22(29)20-12-19(26-27(20)3)16-6-8-17(23)9-7-16/h6-9,11-12,18H,4-5,10,13H2,1-3H3. The summed E-state index contributed by atoms with van der Waals surface area (Å²) in [6.07, 6.45) is 1.58. The lowest BCUT2D eigenvalue weighted by Gasteiger charge is -2.32. The number of rotatable bonds is 4. The van der Waals surface area contributed by atoms with Gasteiger partial charge in [-0.15, -0.1) is 0 Å². The molecule has 3 aromatic rings. The third-order valence-electron chi connectivity index (χ3n) is 5.13. The average molecular weight is 409 g/mol.